The van der Waals surface area contributed by atoms with Crippen molar-refractivity contribution < 1.29 is 4.74 Å². The van der Waals surface area contributed by atoms with Crippen LogP contribution in [0.25, 0.3) is 0 Å². The molecule has 0 amide bonds. The molecule has 0 N–H and O–H groups in total. The van der Waals surface area contributed by atoms with Crippen molar-refractivity contribution in [1.29, 1.82) is 5.26 Å². The molecular weight excluding hydrogens is 260 g/mol. The van der Waals surface area contributed by atoms with Gasteiger partial charge in [0.2, 0.25) is 0 Å². The van der Waals surface area contributed by atoms with E-state index in [1.165, 1.54) is 0 Å². The first-order valence-corrected chi connectivity index (χ1v) is 6.11. The highest BCUT2D eigenvalue weighted by Gasteiger charge is 2.09. The molecule has 0 atom stereocenters. The smallest absolute Gasteiger partial charge is 0.119 e. The van der Waals surface area contributed by atoms with Gasteiger partial charge in [-0.05, 0) is 42.5 Å². The van der Waals surface area contributed by atoms with Crippen LogP contribution in [-0.2, 0) is 0 Å². The first-order chi connectivity index (χ1) is 9.15. The summed E-state index contributed by atoms with van der Waals surface area (Å²) >= 11 is 5.90. The molecule has 0 aliphatic carbocycles. The Balaban J connectivity index is 2.38. The number of halogens is 1. The third-order valence-corrected chi connectivity index (χ3v) is 3.14. The molecule has 0 saturated heterocycles. The Labute approximate surface area is 117 Å². The number of nitriles is 1. The molecule has 0 fully saturated rings. The van der Waals surface area contributed by atoms with Crippen molar-refractivity contribution in [2.45, 2.75) is 0 Å². The first-order valence-electron chi connectivity index (χ1n) is 5.73. The second-order valence-electron chi connectivity index (χ2n) is 4.03. The molecule has 4 heteroatoms. The second-order valence-corrected chi connectivity index (χ2v) is 4.47. The van der Waals surface area contributed by atoms with Crippen molar-refractivity contribution in [3.05, 3.63) is 53.1 Å². The Kier molecular flexibility index (Phi) is 3.94. The van der Waals surface area contributed by atoms with E-state index in [2.05, 4.69) is 6.07 Å². The van der Waals surface area contributed by atoms with E-state index in [9.17, 15) is 0 Å². The number of methoxy groups -OCH3 is 1. The van der Waals surface area contributed by atoms with Crippen molar-refractivity contribution in [2.24, 2.45) is 0 Å². The number of hydrogen-bond acceptors (Lipinski definition) is 3. The van der Waals surface area contributed by atoms with Crippen LogP contribution < -0.4 is 9.64 Å². The first kappa shape index (κ1) is 13.3. The van der Waals surface area contributed by atoms with Crippen LogP contribution in [0.3, 0.4) is 0 Å². The Morgan fingerprint density at radius 3 is 2.42 bits per heavy atom. The predicted octanol–water partition coefficient (Wildman–Crippen LogP) is 3.99. The summed E-state index contributed by atoms with van der Waals surface area (Å²) in [5.41, 5.74) is 2.34. The van der Waals surface area contributed by atoms with Gasteiger partial charge < -0.3 is 9.64 Å². The minimum Gasteiger partial charge on any atom is -0.497 e. The molecule has 2 aromatic carbocycles. The third kappa shape index (κ3) is 2.81. The topological polar surface area (TPSA) is 36.3 Å². The molecule has 0 bridgehead atoms. The summed E-state index contributed by atoms with van der Waals surface area (Å²) in [5, 5.41) is 9.72. The normalized spacial score (nSPS) is 9.79. The monoisotopic (exact) mass is 272 g/mol. The zero-order chi connectivity index (χ0) is 13.8. The molecule has 0 saturated carbocycles. The van der Waals surface area contributed by atoms with E-state index >= 15 is 0 Å². The van der Waals surface area contributed by atoms with Gasteiger partial charge in [-0.3, -0.25) is 0 Å². The highest BCUT2D eigenvalue weighted by atomic mass is 35.5. The fourth-order valence-corrected chi connectivity index (χ4v) is 2.01. The fraction of sp³-hybridized carbons (Fsp3) is 0.133. The largest absolute Gasteiger partial charge is 0.497 e. The van der Waals surface area contributed by atoms with Gasteiger partial charge in [0.05, 0.1) is 18.4 Å². The Morgan fingerprint density at radius 2 is 1.84 bits per heavy atom. The molecule has 0 aromatic heterocycles. The lowest BCUT2D eigenvalue weighted by molar-refractivity contribution is 0.415. The van der Waals surface area contributed by atoms with Crippen LogP contribution >= 0.6 is 11.6 Å². The third-order valence-electron chi connectivity index (χ3n) is 2.90. The van der Waals surface area contributed by atoms with Gasteiger partial charge in [-0.25, -0.2) is 0 Å². The lowest BCUT2D eigenvalue weighted by atomic mass is 10.1. The van der Waals surface area contributed by atoms with Gasteiger partial charge >= 0.3 is 0 Å². The van der Waals surface area contributed by atoms with Crippen molar-refractivity contribution >= 4 is 23.0 Å². The summed E-state index contributed by atoms with van der Waals surface area (Å²) in [5.74, 6) is 0.800. The minimum atomic E-state index is 0.547. The number of ether oxygens (including phenoxy) is 1. The lowest BCUT2D eigenvalue weighted by Gasteiger charge is -2.21. The van der Waals surface area contributed by atoms with E-state index in [1.807, 2.05) is 42.3 Å². The summed E-state index contributed by atoms with van der Waals surface area (Å²) in [6.07, 6.45) is 0. The van der Waals surface area contributed by atoms with Gasteiger partial charge in [0.15, 0.2) is 0 Å². The molecule has 0 heterocycles. The molecule has 96 valence electrons. The van der Waals surface area contributed by atoms with E-state index in [0.717, 1.165) is 17.1 Å². The van der Waals surface area contributed by atoms with E-state index in [-0.39, 0.29) is 0 Å². The molecule has 0 unspecified atom stereocenters. The highest BCUT2D eigenvalue weighted by molar-refractivity contribution is 6.30. The maximum absolute atomic E-state index is 9.17. The van der Waals surface area contributed by atoms with E-state index in [4.69, 9.17) is 21.6 Å². The van der Waals surface area contributed by atoms with Gasteiger partial charge in [0, 0.05) is 17.8 Å². The van der Waals surface area contributed by atoms with Crippen LogP contribution in [-0.4, -0.2) is 14.2 Å². The SMILES string of the molecule is COc1ccc(N(C)c2ccc(Cl)cc2C#N)cc1. The van der Waals surface area contributed by atoms with Crippen LogP contribution in [0.4, 0.5) is 11.4 Å². The standard InChI is InChI=1S/C15H13ClN2O/c1-18(13-4-6-14(19-2)7-5-13)15-8-3-12(16)9-11(15)10-17/h3-9H,1-2H3. The summed E-state index contributed by atoms with van der Waals surface area (Å²) < 4.78 is 5.13. The van der Waals surface area contributed by atoms with Crippen molar-refractivity contribution in [2.75, 3.05) is 19.1 Å². The van der Waals surface area contributed by atoms with Gasteiger partial charge in [0.25, 0.3) is 0 Å². The quantitative estimate of drug-likeness (QED) is 0.848. The number of benzene rings is 2. The average molecular weight is 273 g/mol. The number of hydrogen-bond donors (Lipinski definition) is 0. The van der Waals surface area contributed by atoms with Crippen LogP contribution in [0.2, 0.25) is 5.02 Å². The molecule has 0 aliphatic heterocycles. The number of rotatable bonds is 3. The van der Waals surface area contributed by atoms with Crippen LogP contribution in [0.5, 0.6) is 5.75 Å². The van der Waals surface area contributed by atoms with Gasteiger partial charge in [-0.1, -0.05) is 11.6 Å². The summed E-state index contributed by atoms with van der Waals surface area (Å²) in [6.45, 7) is 0. The lowest BCUT2D eigenvalue weighted by Crippen LogP contribution is -2.10. The van der Waals surface area contributed by atoms with E-state index in [1.54, 1.807) is 19.2 Å². The van der Waals surface area contributed by atoms with E-state index in [0.29, 0.717) is 10.6 Å². The summed E-state index contributed by atoms with van der Waals surface area (Å²) in [4.78, 5) is 1.94. The summed E-state index contributed by atoms with van der Waals surface area (Å²) in [7, 11) is 3.54. The maximum atomic E-state index is 9.17. The molecule has 0 aliphatic rings. The van der Waals surface area contributed by atoms with Crippen LogP contribution in [0, 0.1) is 11.3 Å². The molecule has 0 spiro atoms. The van der Waals surface area contributed by atoms with Gasteiger partial charge in [-0.15, -0.1) is 0 Å². The van der Waals surface area contributed by atoms with Crippen LogP contribution in [0.15, 0.2) is 42.5 Å². The van der Waals surface area contributed by atoms with Gasteiger partial charge in [-0.2, -0.15) is 5.26 Å². The zero-order valence-corrected chi connectivity index (χ0v) is 11.5. The van der Waals surface area contributed by atoms with Gasteiger partial charge in [0.1, 0.15) is 11.8 Å². The zero-order valence-electron chi connectivity index (χ0n) is 10.7. The fourth-order valence-electron chi connectivity index (χ4n) is 1.84. The van der Waals surface area contributed by atoms with Crippen molar-refractivity contribution in [3.63, 3.8) is 0 Å². The number of anilines is 2. The predicted molar refractivity (Wildman–Crippen MR) is 77.2 cm³/mol. The average Bonchev–Trinajstić information content (AvgIpc) is 2.46. The Hall–Kier alpha value is -2.18. The Morgan fingerprint density at radius 1 is 1.16 bits per heavy atom. The molecular formula is C15H13ClN2O. The van der Waals surface area contributed by atoms with E-state index < -0.39 is 0 Å². The second kappa shape index (κ2) is 5.64. The molecule has 0 radical (unpaired) electrons. The van der Waals surface area contributed by atoms with Crippen molar-refractivity contribution in [1.82, 2.24) is 0 Å². The minimum absolute atomic E-state index is 0.547. The summed E-state index contributed by atoms with van der Waals surface area (Å²) in [6, 6.07) is 15.1. The number of nitrogens with zero attached hydrogens (tertiary/aromatic N) is 2. The molecule has 2 aromatic rings. The molecule has 2 rings (SSSR count). The molecule has 3 nitrogen and oxygen atoms in total. The molecule has 19 heavy (non-hydrogen) atoms. The Bertz CT molecular complexity index is 617. The van der Waals surface area contributed by atoms with Crippen molar-refractivity contribution in [3.8, 4) is 11.8 Å². The highest BCUT2D eigenvalue weighted by Crippen LogP contribution is 2.29. The van der Waals surface area contributed by atoms with Crippen LogP contribution in [0.1, 0.15) is 5.56 Å². The maximum Gasteiger partial charge on any atom is 0.119 e.